The minimum absolute atomic E-state index is 0.0489. The molecule has 5 rings (SSSR count). The van der Waals surface area contributed by atoms with Gasteiger partial charge in [-0.2, -0.15) is 4.98 Å². The van der Waals surface area contributed by atoms with Crippen LogP contribution < -0.4 is 10.6 Å². The third kappa shape index (κ3) is 4.38. The number of benzene rings is 1. The Morgan fingerprint density at radius 1 is 1.00 bits per heavy atom. The molecule has 0 unspecified atom stereocenters. The lowest BCUT2D eigenvalue weighted by molar-refractivity contribution is -0.142. The molecule has 0 radical (unpaired) electrons. The zero-order valence-corrected chi connectivity index (χ0v) is 18.4. The molecule has 8 nitrogen and oxygen atoms in total. The average Bonchev–Trinajstić information content (AvgIpc) is 3.43. The predicted molar refractivity (Wildman–Crippen MR) is 119 cm³/mol. The van der Waals surface area contributed by atoms with Crippen molar-refractivity contribution >= 4 is 34.7 Å². The third-order valence-electron chi connectivity index (χ3n) is 6.78. The van der Waals surface area contributed by atoms with Gasteiger partial charge in [-0.15, -0.1) is 0 Å². The van der Waals surface area contributed by atoms with Crippen LogP contribution in [0.2, 0.25) is 0 Å². The maximum Gasteiger partial charge on any atom is 0.306 e. The summed E-state index contributed by atoms with van der Waals surface area (Å²) < 4.78 is 43.8. The summed E-state index contributed by atoms with van der Waals surface area (Å²) in [5, 5.41) is 15.2. The fourth-order valence-corrected chi connectivity index (χ4v) is 5.00. The summed E-state index contributed by atoms with van der Waals surface area (Å²) in [5.74, 6) is -3.54. The van der Waals surface area contributed by atoms with Gasteiger partial charge in [-0.3, -0.25) is 9.36 Å². The monoisotopic (exact) mass is 474 g/mol. The van der Waals surface area contributed by atoms with E-state index in [9.17, 15) is 23.1 Å². The second-order valence-corrected chi connectivity index (χ2v) is 9.05. The molecular weight excluding hydrogens is 449 g/mol. The number of anilines is 3. The minimum Gasteiger partial charge on any atom is -0.481 e. The number of aromatic nitrogens is 4. The van der Waals surface area contributed by atoms with Crippen LogP contribution in [0.4, 0.5) is 30.8 Å². The summed E-state index contributed by atoms with van der Waals surface area (Å²) in [6, 6.07) is 1.35. The zero-order chi connectivity index (χ0) is 23.8. The van der Waals surface area contributed by atoms with E-state index in [0.717, 1.165) is 25.7 Å². The standard InChI is InChI=1S/C23H25F3N6O2/c24-13-9-16(25)19(17(26)10-13)30-23-29-18-11-27-22(28-14-7-5-12(6-8-14)21(33)34)31-20(18)32(23)15-3-1-2-4-15/h9-12,14-15H,1-8H2,(H,29,30)(H,33,34)(H,27,28,31)/t12-,14-. The largest absolute Gasteiger partial charge is 0.481 e. The highest BCUT2D eigenvalue weighted by atomic mass is 19.1. The lowest BCUT2D eigenvalue weighted by atomic mass is 9.86. The van der Waals surface area contributed by atoms with Crippen molar-refractivity contribution in [2.75, 3.05) is 10.6 Å². The average molecular weight is 474 g/mol. The molecule has 2 fully saturated rings. The van der Waals surface area contributed by atoms with Crippen molar-refractivity contribution in [2.24, 2.45) is 5.92 Å². The number of carboxylic acids is 1. The molecule has 2 aromatic heterocycles. The molecule has 2 heterocycles. The van der Waals surface area contributed by atoms with E-state index < -0.39 is 29.1 Å². The Labute approximate surface area is 193 Å². The minimum atomic E-state index is -1.05. The Balaban J connectivity index is 1.46. The first-order valence-corrected chi connectivity index (χ1v) is 11.5. The van der Waals surface area contributed by atoms with E-state index in [2.05, 4.69) is 25.6 Å². The summed E-state index contributed by atoms with van der Waals surface area (Å²) in [4.78, 5) is 24.7. The van der Waals surface area contributed by atoms with Crippen molar-refractivity contribution in [3.05, 3.63) is 35.8 Å². The summed E-state index contributed by atoms with van der Waals surface area (Å²) in [7, 11) is 0. The highest BCUT2D eigenvalue weighted by molar-refractivity contribution is 5.77. The highest BCUT2D eigenvalue weighted by Crippen LogP contribution is 2.36. The molecule has 3 N–H and O–H groups in total. The quantitative estimate of drug-likeness (QED) is 0.453. The molecule has 2 saturated carbocycles. The molecule has 2 aliphatic rings. The van der Waals surface area contributed by atoms with Crippen LogP contribution in [-0.4, -0.2) is 36.6 Å². The SMILES string of the molecule is O=C(O)[C@H]1CC[C@H](Nc2ncc3nc(Nc4c(F)cc(F)cc4F)n(C4CCCC4)c3n2)CC1. The van der Waals surface area contributed by atoms with E-state index in [0.29, 0.717) is 54.9 Å². The van der Waals surface area contributed by atoms with Crippen LogP contribution in [-0.2, 0) is 4.79 Å². The lowest BCUT2D eigenvalue weighted by Crippen LogP contribution is -2.29. The number of carbonyl (C=O) groups is 1. The van der Waals surface area contributed by atoms with Gasteiger partial charge in [0.2, 0.25) is 11.9 Å². The molecule has 0 spiro atoms. The molecule has 0 bridgehead atoms. The Morgan fingerprint density at radius 2 is 1.68 bits per heavy atom. The van der Waals surface area contributed by atoms with Crippen molar-refractivity contribution in [1.29, 1.82) is 0 Å². The van der Waals surface area contributed by atoms with Gasteiger partial charge < -0.3 is 15.7 Å². The zero-order valence-electron chi connectivity index (χ0n) is 18.4. The number of rotatable bonds is 6. The van der Waals surface area contributed by atoms with Crippen LogP contribution in [0.1, 0.15) is 57.4 Å². The van der Waals surface area contributed by atoms with Crippen molar-refractivity contribution < 1.29 is 23.1 Å². The van der Waals surface area contributed by atoms with Gasteiger partial charge in [-0.25, -0.2) is 23.1 Å². The number of fused-ring (bicyclic) bond motifs is 1. The fraction of sp³-hybridized carbons (Fsp3) is 0.478. The predicted octanol–water partition coefficient (Wildman–Crippen LogP) is 5.16. The molecule has 11 heteroatoms. The summed E-state index contributed by atoms with van der Waals surface area (Å²) in [5.41, 5.74) is 0.531. The number of halogens is 3. The Kier molecular flexibility index (Phi) is 6.01. The van der Waals surface area contributed by atoms with E-state index >= 15 is 0 Å². The Hall–Kier alpha value is -3.37. The topological polar surface area (TPSA) is 105 Å². The van der Waals surface area contributed by atoms with Gasteiger partial charge >= 0.3 is 5.97 Å². The highest BCUT2D eigenvalue weighted by Gasteiger charge is 2.28. The van der Waals surface area contributed by atoms with Crippen molar-refractivity contribution in [2.45, 2.75) is 63.5 Å². The van der Waals surface area contributed by atoms with Crippen LogP contribution in [0.25, 0.3) is 11.2 Å². The van der Waals surface area contributed by atoms with Crippen LogP contribution in [0, 0.1) is 23.4 Å². The maximum absolute atomic E-state index is 14.3. The van der Waals surface area contributed by atoms with E-state index in [1.54, 1.807) is 6.20 Å². The number of hydrogen-bond acceptors (Lipinski definition) is 6. The summed E-state index contributed by atoms with van der Waals surface area (Å²) in [6.45, 7) is 0. The third-order valence-corrected chi connectivity index (χ3v) is 6.78. The van der Waals surface area contributed by atoms with Gasteiger partial charge in [0.25, 0.3) is 0 Å². The molecule has 0 aliphatic heterocycles. The van der Waals surface area contributed by atoms with Gasteiger partial charge in [-0.1, -0.05) is 12.8 Å². The van der Waals surface area contributed by atoms with Gasteiger partial charge in [0.05, 0.1) is 12.1 Å². The normalized spacial score (nSPS) is 21.1. The van der Waals surface area contributed by atoms with Gasteiger partial charge in [0.1, 0.15) is 17.0 Å². The van der Waals surface area contributed by atoms with E-state index in [4.69, 9.17) is 0 Å². The lowest BCUT2D eigenvalue weighted by Gasteiger charge is -2.26. The van der Waals surface area contributed by atoms with Crippen LogP contribution in [0.5, 0.6) is 0 Å². The van der Waals surface area contributed by atoms with Gasteiger partial charge in [-0.05, 0) is 38.5 Å². The Bertz CT molecular complexity index is 1200. The second kappa shape index (κ2) is 9.11. The number of nitrogens with zero attached hydrogens (tertiary/aromatic N) is 4. The maximum atomic E-state index is 14.3. The van der Waals surface area contributed by atoms with Gasteiger partial charge in [0, 0.05) is 24.2 Å². The fourth-order valence-electron chi connectivity index (χ4n) is 5.00. The Morgan fingerprint density at radius 3 is 2.32 bits per heavy atom. The van der Waals surface area contributed by atoms with Crippen LogP contribution in [0.15, 0.2) is 18.3 Å². The van der Waals surface area contributed by atoms with E-state index in [-0.39, 0.29) is 23.9 Å². The number of carboxylic acid groups (broad SMARTS) is 1. The van der Waals surface area contributed by atoms with Crippen molar-refractivity contribution in [1.82, 2.24) is 19.5 Å². The summed E-state index contributed by atoms with van der Waals surface area (Å²) >= 11 is 0. The van der Waals surface area contributed by atoms with Crippen LogP contribution >= 0.6 is 0 Å². The van der Waals surface area contributed by atoms with Gasteiger partial charge in [0.15, 0.2) is 17.3 Å². The number of hydrogen-bond donors (Lipinski definition) is 3. The molecule has 0 atom stereocenters. The van der Waals surface area contributed by atoms with Crippen molar-refractivity contribution in [3.8, 4) is 0 Å². The number of aliphatic carboxylic acids is 1. The molecule has 180 valence electrons. The molecule has 2 aliphatic carbocycles. The van der Waals surface area contributed by atoms with Crippen LogP contribution in [0.3, 0.4) is 0 Å². The first-order chi connectivity index (χ1) is 16.4. The summed E-state index contributed by atoms with van der Waals surface area (Å²) in [6.07, 6.45) is 7.95. The molecule has 0 amide bonds. The first kappa shape index (κ1) is 22.4. The first-order valence-electron chi connectivity index (χ1n) is 11.5. The molecular formula is C23H25F3N6O2. The molecule has 34 heavy (non-hydrogen) atoms. The second-order valence-electron chi connectivity index (χ2n) is 9.05. The van der Waals surface area contributed by atoms with Crippen molar-refractivity contribution in [3.63, 3.8) is 0 Å². The smallest absolute Gasteiger partial charge is 0.306 e. The molecule has 0 saturated heterocycles. The van der Waals surface area contributed by atoms with E-state index in [1.165, 1.54) is 0 Å². The molecule has 1 aromatic carbocycles. The number of nitrogens with one attached hydrogen (secondary N) is 2. The van der Waals surface area contributed by atoms with E-state index in [1.807, 2.05) is 4.57 Å². The number of imidazole rings is 1. The molecule has 3 aromatic rings.